The van der Waals surface area contributed by atoms with E-state index in [0.29, 0.717) is 4.34 Å². The summed E-state index contributed by atoms with van der Waals surface area (Å²) in [7, 11) is 0. The average Bonchev–Trinajstić information content (AvgIpc) is 2.76. The van der Waals surface area contributed by atoms with Crippen LogP contribution < -0.4 is 5.32 Å². The van der Waals surface area contributed by atoms with Crippen molar-refractivity contribution in [3.05, 3.63) is 34.0 Å². The van der Waals surface area contributed by atoms with Crippen molar-refractivity contribution in [1.29, 1.82) is 0 Å². The molecule has 0 aliphatic heterocycles. The molecule has 0 bridgehead atoms. The molecule has 1 aromatic heterocycles. The lowest BCUT2D eigenvalue weighted by molar-refractivity contribution is -0.113. The van der Waals surface area contributed by atoms with E-state index in [4.69, 9.17) is 11.6 Å². The van der Waals surface area contributed by atoms with Gasteiger partial charge in [-0.15, -0.1) is 10.2 Å². The predicted octanol–water partition coefficient (Wildman–Crippen LogP) is 3.37. The fourth-order valence-electron chi connectivity index (χ4n) is 1.24. The van der Waals surface area contributed by atoms with Gasteiger partial charge in [0.15, 0.2) is 4.34 Å². The van der Waals surface area contributed by atoms with E-state index in [-0.39, 0.29) is 22.4 Å². The van der Waals surface area contributed by atoms with Crippen LogP contribution in [0.15, 0.2) is 22.5 Å². The third-order valence-corrected chi connectivity index (χ3v) is 4.25. The quantitative estimate of drug-likeness (QED) is 0.878. The molecule has 2 rings (SSSR count). The van der Waals surface area contributed by atoms with Crippen LogP contribution in [0.1, 0.15) is 5.01 Å². The second kappa shape index (κ2) is 6.31. The predicted molar refractivity (Wildman–Crippen MR) is 75.4 cm³/mol. The molecule has 1 aromatic carbocycles. The summed E-state index contributed by atoms with van der Waals surface area (Å²) in [4.78, 5) is 11.7. The van der Waals surface area contributed by atoms with Crippen LogP contribution in [0.2, 0.25) is 5.02 Å². The van der Waals surface area contributed by atoms with Gasteiger partial charge in [-0.1, -0.05) is 34.7 Å². The van der Waals surface area contributed by atoms with Crippen LogP contribution in [0.25, 0.3) is 0 Å². The molecule has 1 N–H and O–H groups in total. The molecule has 0 saturated carbocycles. The molecule has 0 atom stereocenters. The number of nitrogens with zero attached hydrogens (tertiary/aromatic N) is 2. The monoisotopic (exact) mass is 317 g/mol. The Hall–Kier alpha value is -1.18. The van der Waals surface area contributed by atoms with Crippen molar-refractivity contribution in [2.45, 2.75) is 11.3 Å². The van der Waals surface area contributed by atoms with Gasteiger partial charge in [-0.3, -0.25) is 4.79 Å². The highest BCUT2D eigenvalue weighted by Crippen LogP contribution is 2.23. The van der Waals surface area contributed by atoms with Gasteiger partial charge in [-0.05, 0) is 25.1 Å². The first-order chi connectivity index (χ1) is 9.04. The Kier molecular flexibility index (Phi) is 4.73. The maximum absolute atomic E-state index is 13.5. The zero-order chi connectivity index (χ0) is 13.8. The number of hydrogen-bond acceptors (Lipinski definition) is 5. The normalized spacial score (nSPS) is 10.5. The van der Waals surface area contributed by atoms with E-state index in [1.54, 1.807) is 0 Å². The van der Waals surface area contributed by atoms with Gasteiger partial charge in [0.25, 0.3) is 0 Å². The number of amides is 1. The third-order valence-electron chi connectivity index (χ3n) is 2.04. The second-order valence-electron chi connectivity index (χ2n) is 3.55. The molecule has 0 aliphatic rings. The molecular formula is C11H9ClFN3OS2. The van der Waals surface area contributed by atoms with E-state index in [1.165, 1.54) is 35.2 Å². The number of carbonyl (C=O) groups is 1. The smallest absolute Gasteiger partial charge is 0.234 e. The van der Waals surface area contributed by atoms with Crippen LogP contribution in [0.3, 0.4) is 0 Å². The first-order valence-corrected chi connectivity index (χ1v) is 7.40. The van der Waals surface area contributed by atoms with Gasteiger partial charge >= 0.3 is 0 Å². The van der Waals surface area contributed by atoms with Crippen LogP contribution in [0.5, 0.6) is 0 Å². The standard InChI is InChI=1S/C11H9ClFN3OS2/c1-6-15-16-11(19-6)18-5-10(17)14-9-3-2-7(12)4-8(9)13/h2-4H,5H2,1H3,(H,14,17). The summed E-state index contributed by atoms with van der Waals surface area (Å²) in [6.07, 6.45) is 0. The zero-order valence-electron chi connectivity index (χ0n) is 9.81. The largest absolute Gasteiger partial charge is 0.323 e. The molecule has 2 aromatic rings. The van der Waals surface area contributed by atoms with Crippen molar-refractivity contribution in [3.63, 3.8) is 0 Å². The molecule has 4 nitrogen and oxygen atoms in total. The zero-order valence-corrected chi connectivity index (χ0v) is 12.2. The Morgan fingerprint density at radius 1 is 1.53 bits per heavy atom. The van der Waals surface area contributed by atoms with Gasteiger partial charge in [0.1, 0.15) is 10.8 Å². The number of anilines is 1. The van der Waals surface area contributed by atoms with Crippen molar-refractivity contribution in [2.75, 3.05) is 11.1 Å². The molecule has 19 heavy (non-hydrogen) atoms. The van der Waals surface area contributed by atoms with Crippen LogP contribution in [0, 0.1) is 12.7 Å². The van der Waals surface area contributed by atoms with Crippen LogP contribution in [-0.2, 0) is 4.79 Å². The molecule has 8 heteroatoms. The Morgan fingerprint density at radius 3 is 2.95 bits per heavy atom. The molecular weight excluding hydrogens is 309 g/mol. The number of nitrogens with one attached hydrogen (secondary N) is 1. The van der Waals surface area contributed by atoms with E-state index in [1.807, 2.05) is 6.92 Å². The minimum atomic E-state index is -0.558. The molecule has 0 saturated heterocycles. The molecule has 100 valence electrons. The summed E-state index contributed by atoms with van der Waals surface area (Å²) in [5.41, 5.74) is 0.114. The van der Waals surface area contributed by atoms with E-state index >= 15 is 0 Å². The lowest BCUT2D eigenvalue weighted by Gasteiger charge is -2.05. The molecule has 1 heterocycles. The second-order valence-corrected chi connectivity index (χ2v) is 6.39. The van der Waals surface area contributed by atoms with Crippen LogP contribution in [-0.4, -0.2) is 21.9 Å². The molecule has 0 unspecified atom stereocenters. The third kappa shape index (κ3) is 4.15. The van der Waals surface area contributed by atoms with E-state index in [2.05, 4.69) is 15.5 Å². The summed E-state index contributed by atoms with van der Waals surface area (Å²) in [5, 5.41) is 11.3. The topological polar surface area (TPSA) is 54.9 Å². The van der Waals surface area contributed by atoms with Crippen molar-refractivity contribution in [1.82, 2.24) is 10.2 Å². The van der Waals surface area contributed by atoms with Gasteiger partial charge in [0.2, 0.25) is 5.91 Å². The molecule has 0 fully saturated rings. The Bertz CT molecular complexity index is 605. The maximum Gasteiger partial charge on any atom is 0.234 e. The summed E-state index contributed by atoms with van der Waals surface area (Å²) in [6, 6.07) is 4.09. The minimum Gasteiger partial charge on any atom is -0.323 e. The van der Waals surface area contributed by atoms with Crippen LogP contribution in [0.4, 0.5) is 10.1 Å². The summed E-state index contributed by atoms with van der Waals surface area (Å²) in [6.45, 7) is 1.84. The first-order valence-electron chi connectivity index (χ1n) is 5.22. The number of rotatable bonds is 4. The van der Waals surface area contributed by atoms with E-state index in [0.717, 1.165) is 11.1 Å². The number of thioether (sulfide) groups is 1. The molecule has 0 radical (unpaired) electrons. The average molecular weight is 318 g/mol. The van der Waals surface area contributed by atoms with E-state index in [9.17, 15) is 9.18 Å². The van der Waals surface area contributed by atoms with Gasteiger partial charge in [-0.25, -0.2) is 4.39 Å². The summed E-state index contributed by atoms with van der Waals surface area (Å²) < 4.78 is 14.2. The van der Waals surface area contributed by atoms with E-state index < -0.39 is 5.82 Å². The number of benzene rings is 1. The Morgan fingerprint density at radius 2 is 2.32 bits per heavy atom. The molecule has 1 amide bonds. The highest BCUT2D eigenvalue weighted by atomic mass is 35.5. The number of aryl methyl sites for hydroxylation is 1. The summed E-state index contributed by atoms with van der Waals surface area (Å²) in [5.74, 6) is -0.715. The number of carbonyl (C=O) groups excluding carboxylic acids is 1. The fourth-order valence-corrected chi connectivity index (χ4v) is 3.02. The lowest BCUT2D eigenvalue weighted by atomic mass is 10.3. The van der Waals surface area contributed by atoms with Crippen molar-refractivity contribution in [3.8, 4) is 0 Å². The van der Waals surface area contributed by atoms with Gasteiger partial charge in [0.05, 0.1) is 11.4 Å². The Balaban J connectivity index is 1.90. The van der Waals surface area contributed by atoms with Crippen molar-refractivity contribution >= 4 is 46.3 Å². The highest BCUT2D eigenvalue weighted by Gasteiger charge is 2.09. The number of halogens is 2. The molecule has 0 aliphatic carbocycles. The van der Waals surface area contributed by atoms with Gasteiger partial charge in [-0.2, -0.15) is 0 Å². The Labute approximate surface area is 122 Å². The SMILES string of the molecule is Cc1nnc(SCC(=O)Nc2ccc(Cl)cc2F)s1. The van der Waals surface area contributed by atoms with Gasteiger partial charge in [0, 0.05) is 5.02 Å². The van der Waals surface area contributed by atoms with Gasteiger partial charge < -0.3 is 5.32 Å². The van der Waals surface area contributed by atoms with Crippen molar-refractivity contribution < 1.29 is 9.18 Å². The summed E-state index contributed by atoms with van der Waals surface area (Å²) >= 11 is 8.30. The number of hydrogen-bond donors (Lipinski definition) is 1. The first kappa shape index (κ1) is 14.2. The van der Waals surface area contributed by atoms with Crippen molar-refractivity contribution in [2.24, 2.45) is 0 Å². The minimum absolute atomic E-state index is 0.114. The highest BCUT2D eigenvalue weighted by molar-refractivity contribution is 8.01. The van der Waals surface area contributed by atoms with Crippen LogP contribution >= 0.6 is 34.7 Å². The fraction of sp³-hybridized carbons (Fsp3) is 0.182. The lowest BCUT2D eigenvalue weighted by Crippen LogP contribution is -2.14. The number of aromatic nitrogens is 2. The molecule has 0 spiro atoms. The maximum atomic E-state index is 13.5.